The second-order valence-electron chi connectivity index (χ2n) is 9.59. The second-order valence-corrected chi connectivity index (χ2v) is 9.59. The zero-order valence-electron chi connectivity index (χ0n) is 23.6. The number of benzene rings is 2. The maximum absolute atomic E-state index is 13.6. The number of rotatable bonds is 16. The number of halogens is 10. The minimum Gasteiger partial charge on any atom is -0.492 e. The van der Waals surface area contributed by atoms with Crippen LogP contribution in [-0.2, 0) is 22.1 Å². The molecule has 0 aromatic heterocycles. The number of amides is 1. The van der Waals surface area contributed by atoms with Gasteiger partial charge < -0.3 is 24.2 Å². The minimum atomic E-state index is -6.48. The number of carboxylic acids is 1. The molecule has 2 aromatic rings. The summed E-state index contributed by atoms with van der Waals surface area (Å²) < 4.78 is 145. The molecule has 0 bridgehead atoms. The van der Waals surface area contributed by atoms with Gasteiger partial charge in [-0.05, 0) is 61.7 Å². The van der Waals surface area contributed by atoms with Gasteiger partial charge in [-0.15, -0.1) is 0 Å². The van der Waals surface area contributed by atoms with E-state index in [2.05, 4.69) is 0 Å². The predicted molar refractivity (Wildman–Crippen MR) is 138 cm³/mol. The Hall–Kier alpha value is -3.76. The van der Waals surface area contributed by atoms with Gasteiger partial charge in [0.1, 0.15) is 18.1 Å². The van der Waals surface area contributed by atoms with Gasteiger partial charge in [-0.2, -0.15) is 43.9 Å². The number of aliphatic carboxylic acids is 1. The minimum absolute atomic E-state index is 0.0565. The van der Waals surface area contributed by atoms with Crippen molar-refractivity contribution in [1.82, 2.24) is 4.90 Å². The number of unbranched alkanes of at least 4 members (excludes halogenated alkanes) is 1. The number of ether oxygens (including phenoxy) is 3. The van der Waals surface area contributed by atoms with Gasteiger partial charge in [0.25, 0.3) is 0 Å². The molecule has 17 heteroatoms. The fourth-order valence-corrected chi connectivity index (χ4v) is 3.81. The molecular weight excluding hydrogens is 636 g/mol. The fourth-order valence-electron chi connectivity index (χ4n) is 3.81. The first-order valence-corrected chi connectivity index (χ1v) is 13.3. The largest absolute Gasteiger partial charge is 0.492 e. The summed E-state index contributed by atoms with van der Waals surface area (Å²) in [6.07, 6.45) is -16.5. The number of hydrogen-bond donors (Lipinski definition) is 1. The van der Waals surface area contributed by atoms with Crippen molar-refractivity contribution in [1.29, 1.82) is 0 Å². The molecule has 1 amide bonds. The Bertz CT molecular complexity index is 1230. The van der Waals surface area contributed by atoms with Crippen LogP contribution in [0.15, 0.2) is 48.5 Å². The monoisotopic (exact) mass is 665 g/mol. The van der Waals surface area contributed by atoms with Crippen LogP contribution in [0.25, 0.3) is 0 Å². The highest BCUT2D eigenvalue weighted by atomic mass is 19.4. The van der Waals surface area contributed by atoms with Crippen molar-refractivity contribution in [3.8, 4) is 11.5 Å². The Kier molecular flexibility index (Phi) is 12.9. The third-order valence-corrected chi connectivity index (χ3v) is 6.25. The highest BCUT2D eigenvalue weighted by Gasteiger charge is 2.72. The van der Waals surface area contributed by atoms with Crippen molar-refractivity contribution in [2.75, 3.05) is 26.3 Å². The average Bonchev–Trinajstić information content (AvgIpc) is 2.93. The molecule has 0 spiro atoms. The summed E-state index contributed by atoms with van der Waals surface area (Å²) in [7, 11) is 0. The predicted octanol–water partition coefficient (Wildman–Crippen LogP) is 7.62. The summed E-state index contributed by atoms with van der Waals surface area (Å²) in [5.74, 6) is -12.9. The lowest BCUT2D eigenvalue weighted by Crippen LogP contribution is -2.51. The molecule has 0 aliphatic rings. The standard InChI is InChI=1S/C28H29F10NO6/c1-2-43-22(23(40)41)17-18-5-9-20(10-6-18)44-16-15-39(14-4-3-13-25(29,30)27(34,35)28(36,37)38)24(42)45-21-11-7-19(8-12-21)26(31,32)33/h5-12,22H,2-4,13-17H2,1H3,(H,40,41). The SMILES string of the molecule is CCOC(Cc1ccc(OCCN(CCCCC(F)(F)C(F)(F)C(F)(F)F)C(=O)Oc2ccc(C(F)(F)F)cc2)cc1)C(=O)O. The van der Waals surface area contributed by atoms with Crippen molar-refractivity contribution in [3.63, 3.8) is 0 Å². The lowest BCUT2D eigenvalue weighted by molar-refractivity contribution is -0.355. The molecule has 0 aliphatic carbocycles. The van der Waals surface area contributed by atoms with Gasteiger partial charge in [0.15, 0.2) is 6.10 Å². The smallest absolute Gasteiger partial charge is 0.459 e. The van der Waals surface area contributed by atoms with Crippen LogP contribution in [0.5, 0.6) is 11.5 Å². The van der Waals surface area contributed by atoms with Gasteiger partial charge in [-0.1, -0.05) is 12.1 Å². The number of hydrogen-bond acceptors (Lipinski definition) is 5. The molecule has 7 nitrogen and oxygen atoms in total. The Morgan fingerprint density at radius 3 is 1.91 bits per heavy atom. The second kappa shape index (κ2) is 15.5. The van der Waals surface area contributed by atoms with Crippen LogP contribution >= 0.6 is 0 Å². The van der Waals surface area contributed by atoms with E-state index in [1.807, 2.05) is 0 Å². The first kappa shape index (κ1) is 37.4. The van der Waals surface area contributed by atoms with E-state index in [0.717, 1.165) is 17.0 Å². The summed E-state index contributed by atoms with van der Waals surface area (Å²) in [6.45, 7) is 0.765. The molecule has 0 heterocycles. The van der Waals surface area contributed by atoms with Crippen LogP contribution in [0.3, 0.4) is 0 Å². The van der Waals surface area contributed by atoms with E-state index in [-0.39, 0.29) is 37.7 Å². The Morgan fingerprint density at radius 2 is 1.40 bits per heavy atom. The van der Waals surface area contributed by atoms with Crippen LogP contribution in [0.4, 0.5) is 48.7 Å². The zero-order valence-corrected chi connectivity index (χ0v) is 23.6. The van der Waals surface area contributed by atoms with E-state index in [4.69, 9.17) is 14.2 Å². The molecule has 0 saturated carbocycles. The molecule has 45 heavy (non-hydrogen) atoms. The van der Waals surface area contributed by atoms with E-state index in [1.165, 1.54) is 12.1 Å². The molecule has 0 saturated heterocycles. The van der Waals surface area contributed by atoms with Crippen LogP contribution < -0.4 is 9.47 Å². The Balaban J connectivity index is 2.05. The van der Waals surface area contributed by atoms with E-state index in [0.29, 0.717) is 17.7 Å². The summed E-state index contributed by atoms with van der Waals surface area (Å²) in [4.78, 5) is 24.8. The number of nitrogens with zero attached hydrogens (tertiary/aromatic N) is 1. The average molecular weight is 666 g/mol. The van der Waals surface area contributed by atoms with Crippen molar-refractivity contribution < 1.29 is 72.8 Å². The molecule has 0 radical (unpaired) electrons. The number of alkyl halides is 10. The number of carbonyl (C=O) groups is 2. The lowest BCUT2D eigenvalue weighted by Gasteiger charge is -2.28. The third-order valence-electron chi connectivity index (χ3n) is 6.25. The van der Waals surface area contributed by atoms with Crippen molar-refractivity contribution in [3.05, 3.63) is 59.7 Å². The molecule has 2 rings (SSSR count). The maximum Gasteiger partial charge on any atom is 0.459 e. The van der Waals surface area contributed by atoms with Crippen molar-refractivity contribution in [2.45, 2.75) is 62.9 Å². The van der Waals surface area contributed by atoms with E-state index >= 15 is 0 Å². The van der Waals surface area contributed by atoms with Crippen LogP contribution in [0.1, 0.15) is 37.3 Å². The number of carboxylic acid groups (broad SMARTS) is 1. The molecule has 1 unspecified atom stereocenters. The van der Waals surface area contributed by atoms with Crippen molar-refractivity contribution in [2.24, 2.45) is 0 Å². The number of carbonyl (C=O) groups excluding carboxylic acids is 1. The first-order chi connectivity index (χ1) is 20.8. The van der Waals surface area contributed by atoms with Gasteiger partial charge in [0.05, 0.1) is 12.1 Å². The van der Waals surface area contributed by atoms with Gasteiger partial charge in [0, 0.05) is 26.0 Å². The normalized spacial score (nSPS) is 13.3. The van der Waals surface area contributed by atoms with Gasteiger partial charge in [-0.25, -0.2) is 9.59 Å². The molecule has 0 fully saturated rings. The zero-order chi connectivity index (χ0) is 34.1. The summed E-state index contributed by atoms with van der Waals surface area (Å²) in [5, 5.41) is 9.20. The van der Waals surface area contributed by atoms with Gasteiger partial charge in [-0.3, -0.25) is 0 Å². The van der Waals surface area contributed by atoms with Crippen LogP contribution in [0, 0.1) is 0 Å². The molecule has 252 valence electrons. The molecule has 1 N–H and O–H groups in total. The maximum atomic E-state index is 13.6. The van der Waals surface area contributed by atoms with Crippen molar-refractivity contribution >= 4 is 12.1 Å². The summed E-state index contributed by atoms with van der Waals surface area (Å²) in [6, 6.07) is 9.03. The Labute approximate surface area is 250 Å². The molecule has 1 atom stereocenters. The molecular formula is C28H29F10NO6. The van der Waals surface area contributed by atoms with E-state index in [1.54, 1.807) is 19.1 Å². The van der Waals surface area contributed by atoms with Crippen LogP contribution in [-0.4, -0.2) is 72.5 Å². The first-order valence-electron chi connectivity index (χ1n) is 13.3. The third kappa shape index (κ3) is 11.0. The highest BCUT2D eigenvalue weighted by Crippen LogP contribution is 2.48. The summed E-state index contributed by atoms with van der Waals surface area (Å²) in [5.41, 5.74) is -0.440. The molecule has 0 aliphatic heterocycles. The lowest BCUT2D eigenvalue weighted by atomic mass is 10.0. The Morgan fingerprint density at radius 1 is 0.822 bits per heavy atom. The molecule has 2 aromatic carbocycles. The topological polar surface area (TPSA) is 85.3 Å². The fraction of sp³-hybridized carbons (Fsp3) is 0.500. The highest BCUT2D eigenvalue weighted by molar-refractivity contribution is 5.72. The van der Waals surface area contributed by atoms with E-state index < -0.39 is 73.7 Å². The van der Waals surface area contributed by atoms with Crippen LogP contribution in [0.2, 0.25) is 0 Å². The summed E-state index contributed by atoms with van der Waals surface area (Å²) >= 11 is 0. The quantitative estimate of drug-likeness (QED) is 0.147. The van der Waals surface area contributed by atoms with Gasteiger partial charge >= 0.3 is 36.3 Å². The van der Waals surface area contributed by atoms with Gasteiger partial charge in [0.2, 0.25) is 0 Å². The van der Waals surface area contributed by atoms with E-state index in [9.17, 15) is 58.6 Å².